The molecule has 37 heavy (non-hydrogen) atoms. The van der Waals surface area contributed by atoms with Crippen LogP contribution in [-0.2, 0) is 37.3 Å². The first-order valence-electron chi connectivity index (χ1n) is 12.5. The number of ether oxygens (including phenoxy) is 2. The van der Waals surface area contributed by atoms with Crippen molar-refractivity contribution in [2.24, 2.45) is 0 Å². The number of sulfonamides is 1. The first-order chi connectivity index (χ1) is 17.7. The fourth-order valence-electron chi connectivity index (χ4n) is 3.80. The fraction of sp³-hybridized carbons (Fsp3) is 0.481. The average molecular weight is 532 g/mol. The van der Waals surface area contributed by atoms with Crippen molar-refractivity contribution in [1.29, 1.82) is 0 Å². The average Bonchev–Trinajstić information content (AvgIpc) is 3.71. The van der Waals surface area contributed by atoms with Crippen LogP contribution < -0.4 is 14.8 Å². The lowest BCUT2D eigenvalue weighted by Gasteiger charge is -2.29. The zero-order valence-corrected chi connectivity index (χ0v) is 22.6. The summed E-state index contributed by atoms with van der Waals surface area (Å²) >= 11 is 0. The maximum atomic E-state index is 13.3. The fourth-order valence-corrected chi connectivity index (χ4v) is 5.11. The summed E-state index contributed by atoms with van der Waals surface area (Å²) in [6.07, 6.45) is 3.04. The van der Waals surface area contributed by atoms with Gasteiger partial charge in [0.2, 0.25) is 21.8 Å². The number of carbonyl (C=O) groups excluding carboxylic acids is 2. The number of hydrogen-bond acceptors (Lipinski definition) is 6. The smallest absolute Gasteiger partial charge is 0.242 e. The van der Waals surface area contributed by atoms with Crippen LogP contribution in [0.3, 0.4) is 0 Å². The standard InChI is InChI=1S/C27H37N3O6S/c1-20(27(32)28-17-4-18-35-2)30(19-22-5-12-24(36-3)13-6-22)26(31)16-9-21-7-14-25(15-8-21)37(33,34)29-23-10-11-23/h5-8,12-15,20,23,29H,4,9-11,16-19H2,1-3H3,(H,28,32). The number of amides is 2. The van der Waals surface area contributed by atoms with E-state index in [9.17, 15) is 18.0 Å². The molecule has 202 valence electrons. The monoisotopic (exact) mass is 531 g/mol. The Morgan fingerprint density at radius 2 is 1.68 bits per heavy atom. The van der Waals surface area contributed by atoms with Crippen LogP contribution in [0.4, 0.5) is 0 Å². The number of benzene rings is 2. The molecule has 0 spiro atoms. The lowest BCUT2D eigenvalue weighted by Crippen LogP contribution is -2.48. The SMILES string of the molecule is COCCCNC(=O)C(C)N(Cc1ccc(OC)cc1)C(=O)CCc1ccc(S(=O)(=O)NC2CC2)cc1. The topological polar surface area (TPSA) is 114 Å². The van der Waals surface area contributed by atoms with E-state index >= 15 is 0 Å². The molecule has 0 aliphatic heterocycles. The van der Waals surface area contributed by atoms with Crippen LogP contribution >= 0.6 is 0 Å². The van der Waals surface area contributed by atoms with Crippen molar-refractivity contribution in [3.63, 3.8) is 0 Å². The van der Waals surface area contributed by atoms with Crippen molar-refractivity contribution in [3.8, 4) is 5.75 Å². The van der Waals surface area contributed by atoms with Crippen LogP contribution in [0.25, 0.3) is 0 Å². The van der Waals surface area contributed by atoms with Gasteiger partial charge in [-0.25, -0.2) is 13.1 Å². The highest BCUT2D eigenvalue weighted by molar-refractivity contribution is 7.89. The Hall–Kier alpha value is -2.95. The Labute approximate surface area is 219 Å². The third kappa shape index (κ3) is 8.84. The Kier molecular flexibility index (Phi) is 10.5. The molecule has 0 bridgehead atoms. The largest absolute Gasteiger partial charge is 0.497 e. The van der Waals surface area contributed by atoms with Crippen molar-refractivity contribution < 1.29 is 27.5 Å². The quantitative estimate of drug-likeness (QED) is 0.342. The summed E-state index contributed by atoms with van der Waals surface area (Å²) in [6, 6.07) is 13.3. The third-order valence-electron chi connectivity index (χ3n) is 6.26. The number of nitrogens with zero attached hydrogens (tertiary/aromatic N) is 1. The summed E-state index contributed by atoms with van der Waals surface area (Å²) in [5.41, 5.74) is 1.73. The first-order valence-corrected chi connectivity index (χ1v) is 14.0. The van der Waals surface area contributed by atoms with Crippen molar-refractivity contribution in [2.45, 2.75) is 62.6 Å². The van der Waals surface area contributed by atoms with E-state index in [1.165, 1.54) is 0 Å². The van der Waals surface area contributed by atoms with E-state index in [-0.39, 0.29) is 35.7 Å². The third-order valence-corrected chi connectivity index (χ3v) is 7.80. The molecule has 1 atom stereocenters. The molecule has 1 fully saturated rings. The summed E-state index contributed by atoms with van der Waals surface area (Å²) < 4.78 is 37.7. The molecular formula is C27H37N3O6S. The molecule has 10 heteroatoms. The number of aryl methyl sites for hydroxylation is 1. The van der Waals surface area contributed by atoms with Gasteiger partial charge in [-0.2, -0.15) is 0 Å². The van der Waals surface area contributed by atoms with Gasteiger partial charge in [0.1, 0.15) is 11.8 Å². The summed E-state index contributed by atoms with van der Waals surface area (Å²) in [6.45, 7) is 3.01. The van der Waals surface area contributed by atoms with Crippen LogP contribution in [-0.4, -0.2) is 64.6 Å². The van der Waals surface area contributed by atoms with Gasteiger partial charge in [-0.05, 0) is 68.0 Å². The van der Waals surface area contributed by atoms with E-state index < -0.39 is 16.1 Å². The van der Waals surface area contributed by atoms with E-state index in [2.05, 4.69) is 10.0 Å². The Morgan fingerprint density at radius 3 is 2.27 bits per heavy atom. The number of hydrogen-bond donors (Lipinski definition) is 2. The summed E-state index contributed by atoms with van der Waals surface area (Å²) in [7, 11) is -0.319. The number of methoxy groups -OCH3 is 2. The molecule has 1 saturated carbocycles. The van der Waals surface area contributed by atoms with Crippen LogP contribution in [0, 0.1) is 0 Å². The summed E-state index contributed by atoms with van der Waals surface area (Å²) in [5.74, 6) is 0.321. The van der Waals surface area contributed by atoms with Crippen LogP contribution in [0.5, 0.6) is 5.75 Å². The van der Waals surface area contributed by atoms with Gasteiger partial charge in [0.05, 0.1) is 12.0 Å². The minimum Gasteiger partial charge on any atom is -0.497 e. The van der Waals surface area contributed by atoms with Gasteiger partial charge >= 0.3 is 0 Å². The second kappa shape index (κ2) is 13.6. The maximum absolute atomic E-state index is 13.3. The molecule has 2 aromatic rings. The van der Waals surface area contributed by atoms with Gasteiger partial charge in [-0.15, -0.1) is 0 Å². The van der Waals surface area contributed by atoms with E-state index in [1.807, 2.05) is 24.3 Å². The summed E-state index contributed by atoms with van der Waals surface area (Å²) in [5, 5.41) is 2.87. The normalized spacial score (nSPS) is 14.1. The summed E-state index contributed by atoms with van der Waals surface area (Å²) in [4.78, 5) is 27.9. The molecule has 1 unspecified atom stereocenters. The molecule has 2 N–H and O–H groups in total. The predicted molar refractivity (Wildman–Crippen MR) is 141 cm³/mol. The van der Waals surface area contributed by atoms with E-state index in [0.717, 1.165) is 24.0 Å². The number of rotatable bonds is 15. The van der Waals surface area contributed by atoms with E-state index in [0.29, 0.717) is 31.7 Å². The molecule has 3 rings (SSSR count). The van der Waals surface area contributed by atoms with Gasteiger partial charge in [0.25, 0.3) is 0 Å². The van der Waals surface area contributed by atoms with E-state index in [4.69, 9.17) is 9.47 Å². The Balaban J connectivity index is 1.65. The molecule has 0 saturated heterocycles. The van der Waals surface area contributed by atoms with Gasteiger partial charge in [-0.3, -0.25) is 9.59 Å². The van der Waals surface area contributed by atoms with Crippen LogP contribution in [0.2, 0.25) is 0 Å². The molecule has 2 aromatic carbocycles. The lowest BCUT2D eigenvalue weighted by atomic mass is 10.1. The lowest BCUT2D eigenvalue weighted by molar-refractivity contribution is -0.140. The zero-order chi connectivity index (χ0) is 26.8. The molecule has 9 nitrogen and oxygen atoms in total. The van der Waals surface area contributed by atoms with Gasteiger partial charge in [0.15, 0.2) is 0 Å². The Bertz CT molecular complexity index is 1130. The van der Waals surface area contributed by atoms with Gasteiger partial charge < -0.3 is 19.7 Å². The highest BCUT2D eigenvalue weighted by Gasteiger charge is 2.28. The van der Waals surface area contributed by atoms with Gasteiger partial charge in [-0.1, -0.05) is 24.3 Å². The highest BCUT2D eigenvalue weighted by Crippen LogP contribution is 2.22. The minimum atomic E-state index is -3.52. The number of carbonyl (C=O) groups is 2. The zero-order valence-electron chi connectivity index (χ0n) is 21.7. The predicted octanol–water partition coefficient (Wildman–Crippen LogP) is 2.64. The molecule has 0 radical (unpaired) electrons. The van der Waals surface area contributed by atoms with Crippen LogP contribution in [0.1, 0.15) is 43.7 Å². The highest BCUT2D eigenvalue weighted by atomic mass is 32.2. The Morgan fingerprint density at radius 1 is 1.03 bits per heavy atom. The first kappa shape index (κ1) is 28.6. The second-order valence-corrected chi connectivity index (χ2v) is 10.9. The molecular weight excluding hydrogens is 494 g/mol. The minimum absolute atomic E-state index is 0.0400. The van der Waals surface area contributed by atoms with Crippen molar-refractivity contribution >= 4 is 21.8 Å². The molecule has 2 amide bonds. The van der Waals surface area contributed by atoms with E-state index in [1.54, 1.807) is 50.3 Å². The molecule has 1 aliphatic rings. The molecule has 0 aromatic heterocycles. The van der Waals surface area contributed by atoms with Crippen LogP contribution in [0.15, 0.2) is 53.4 Å². The van der Waals surface area contributed by atoms with Crippen molar-refractivity contribution in [1.82, 2.24) is 14.9 Å². The van der Waals surface area contributed by atoms with Crippen molar-refractivity contribution in [3.05, 3.63) is 59.7 Å². The number of nitrogens with one attached hydrogen (secondary N) is 2. The van der Waals surface area contributed by atoms with Gasteiger partial charge in [0, 0.05) is 39.3 Å². The molecule has 0 heterocycles. The molecule has 1 aliphatic carbocycles. The second-order valence-electron chi connectivity index (χ2n) is 9.22. The van der Waals surface area contributed by atoms with Crippen molar-refractivity contribution in [2.75, 3.05) is 27.4 Å². The maximum Gasteiger partial charge on any atom is 0.242 e.